The standard InChI is InChI=1S/C13H13NO3S2/c1-17-12(16)9-4-6-10(7-5-9)14-11(15)3-2-8-19-13(14)18/h4-7H,2-3,8H2,1H3. The van der Waals surface area contributed by atoms with E-state index < -0.39 is 5.97 Å². The number of carbonyl (C=O) groups excluding carboxylic acids is 2. The first-order valence-electron chi connectivity index (χ1n) is 5.81. The average molecular weight is 295 g/mol. The number of esters is 1. The molecule has 0 saturated carbocycles. The molecule has 0 bridgehead atoms. The molecule has 0 spiro atoms. The molecule has 0 aromatic heterocycles. The van der Waals surface area contributed by atoms with Crippen molar-refractivity contribution in [3.05, 3.63) is 29.8 Å². The van der Waals surface area contributed by atoms with Gasteiger partial charge in [-0.2, -0.15) is 0 Å². The number of hydrogen-bond donors (Lipinski definition) is 0. The summed E-state index contributed by atoms with van der Waals surface area (Å²) in [5.74, 6) is 0.466. The fourth-order valence-electron chi connectivity index (χ4n) is 1.77. The van der Waals surface area contributed by atoms with Gasteiger partial charge in [-0.1, -0.05) is 24.0 Å². The van der Waals surface area contributed by atoms with Crippen LogP contribution in [0, 0.1) is 0 Å². The lowest BCUT2D eigenvalue weighted by molar-refractivity contribution is -0.117. The molecule has 4 nitrogen and oxygen atoms in total. The van der Waals surface area contributed by atoms with Gasteiger partial charge in [0, 0.05) is 12.2 Å². The summed E-state index contributed by atoms with van der Waals surface area (Å²) < 4.78 is 5.20. The van der Waals surface area contributed by atoms with E-state index in [0.29, 0.717) is 22.0 Å². The highest BCUT2D eigenvalue weighted by molar-refractivity contribution is 8.23. The van der Waals surface area contributed by atoms with Crippen molar-refractivity contribution < 1.29 is 14.3 Å². The van der Waals surface area contributed by atoms with Crippen LogP contribution in [0.3, 0.4) is 0 Å². The van der Waals surface area contributed by atoms with Crippen LogP contribution in [0.1, 0.15) is 23.2 Å². The van der Waals surface area contributed by atoms with Crippen molar-refractivity contribution in [2.75, 3.05) is 17.8 Å². The van der Waals surface area contributed by atoms with E-state index in [0.717, 1.165) is 12.2 Å². The Balaban J connectivity index is 2.27. The number of amides is 1. The fraction of sp³-hybridized carbons (Fsp3) is 0.308. The summed E-state index contributed by atoms with van der Waals surface area (Å²) in [6, 6.07) is 6.68. The summed E-state index contributed by atoms with van der Waals surface area (Å²) in [4.78, 5) is 24.9. The van der Waals surface area contributed by atoms with Crippen molar-refractivity contribution in [3.63, 3.8) is 0 Å². The van der Waals surface area contributed by atoms with Gasteiger partial charge in [-0.25, -0.2) is 4.79 Å². The minimum absolute atomic E-state index is 0.000757. The van der Waals surface area contributed by atoms with Crippen molar-refractivity contribution in [1.29, 1.82) is 0 Å². The van der Waals surface area contributed by atoms with Gasteiger partial charge in [0.1, 0.15) is 4.32 Å². The molecule has 1 heterocycles. The Kier molecular flexibility index (Phi) is 4.55. The topological polar surface area (TPSA) is 46.6 Å². The Morgan fingerprint density at radius 1 is 1.37 bits per heavy atom. The van der Waals surface area contributed by atoms with Crippen LogP contribution in [0.2, 0.25) is 0 Å². The van der Waals surface area contributed by atoms with Crippen molar-refractivity contribution in [3.8, 4) is 0 Å². The van der Waals surface area contributed by atoms with Gasteiger partial charge >= 0.3 is 5.97 Å². The quantitative estimate of drug-likeness (QED) is 0.620. The van der Waals surface area contributed by atoms with Crippen molar-refractivity contribution >= 4 is 45.9 Å². The molecule has 6 heteroatoms. The summed E-state index contributed by atoms with van der Waals surface area (Å²) in [6.45, 7) is 0. The Morgan fingerprint density at radius 2 is 2.05 bits per heavy atom. The van der Waals surface area contributed by atoms with Gasteiger partial charge in [-0.15, -0.1) is 0 Å². The van der Waals surface area contributed by atoms with Gasteiger partial charge < -0.3 is 4.74 Å². The number of anilines is 1. The lowest BCUT2D eigenvalue weighted by atomic mass is 10.2. The molecule has 0 radical (unpaired) electrons. The van der Waals surface area contributed by atoms with Gasteiger partial charge in [-0.3, -0.25) is 9.69 Å². The minimum Gasteiger partial charge on any atom is -0.465 e. The predicted octanol–water partition coefficient (Wildman–Crippen LogP) is 2.62. The molecule has 1 aliphatic rings. The lowest BCUT2D eigenvalue weighted by Gasteiger charge is -2.20. The van der Waals surface area contributed by atoms with Gasteiger partial charge in [0.05, 0.1) is 18.4 Å². The van der Waals surface area contributed by atoms with E-state index in [1.807, 2.05) is 0 Å². The van der Waals surface area contributed by atoms with Crippen LogP contribution in [-0.2, 0) is 9.53 Å². The third kappa shape index (κ3) is 3.13. The van der Waals surface area contributed by atoms with Crippen LogP contribution < -0.4 is 4.90 Å². The normalized spacial score (nSPS) is 16.2. The minimum atomic E-state index is -0.398. The summed E-state index contributed by atoms with van der Waals surface area (Å²) >= 11 is 6.76. The highest BCUT2D eigenvalue weighted by Crippen LogP contribution is 2.25. The number of rotatable bonds is 2. The van der Waals surface area contributed by atoms with E-state index in [9.17, 15) is 9.59 Å². The number of thiocarbonyl (C=S) groups is 1. The molecule has 1 aromatic carbocycles. The molecule has 1 aromatic rings. The first-order chi connectivity index (χ1) is 9.13. The molecular weight excluding hydrogens is 282 g/mol. The molecule has 1 amide bonds. The smallest absolute Gasteiger partial charge is 0.337 e. The van der Waals surface area contributed by atoms with Crippen molar-refractivity contribution in [2.45, 2.75) is 12.8 Å². The van der Waals surface area contributed by atoms with E-state index >= 15 is 0 Å². The Hall–Kier alpha value is -1.40. The lowest BCUT2D eigenvalue weighted by Crippen LogP contribution is -2.32. The number of benzene rings is 1. The Bertz CT molecular complexity index is 495. The molecule has 1 aliphatic heterocycles. The molecule has 0 atom stereocenters. The summed E-state index contributed by atoms with van der Waals surface area (Å²) in [5, 5.41) is 0. The third-order valence-electron chi connectivity index (χ3n) is 2.74. The summed E-state index contributed by atoms with van der Waals surface area (Å²) in [5.41, 5.74) is 1.14. The average Bonchev–Trinajstić information content (AvgIpc) is 2.59. The number of nitrogens with zero attached hydrogens (tertiary/aromatic N) is 1. The second-order valence-electron chi connectivity index (χ2n) is 3.99. The van der Waals surface area contributed by atoms with E-state index in [2.05, 4.69) is 4.74 Å². The van der Waals surface area contributed by atoms with Crippen molar-refractivity contribution in [2.24, 2.45) is 0 Å². The second-order valence-corrected chi connectivity index (χ2v) is 5.71. The molecule has 0 unspecified atom stereocenters. The molecule has 19 heavy (non-hydrogen) atoms. The van der Waals surface area contributed by atoms with Crippen LogP contribution in [0.5, 0.6) is 0 Å². The number of hydrogen-bond acceptors (Lipinski definition) is 5. The van der Waals surface area contributed by atoms with Crippen LogP contribution in [0.25, 0.3) is 0 Å². The maximum atomic E-state index is 12.0. The summed E-state index contributed by atoms with van der Waals surface area (Å²) in [6.07, 6.45) is 1.33. The number of methoxy groups -OCH3 is 1. The van der Waals surface area contributed by atoms with Gasteiger partial charge in [-0.05, 0) is 30.7 Å². The first-order valence-corrected chi connectivity index (χ1v) is 7.21. The highest BCUT2D eigenvalue weighted by Gasteiger charge is 2.23. The molecular formula is C13H13NO3S2. The number of thioether (sulfide) groups is 1. The molecule has 100 valence electrons. The zero-order valence-corrected chi connectivity index (χ0v) is 12.1. The maximum absolute atomic E-state index is 12.0. The monoisotopic (exact) mass is 295 g/mol. The van der Waals surface area contributed by atoms with Gasteiger partial charge in [0.2, 0.25) is 5.91 Å². The Labute approximate surface area is 121 Å². The van der Waals surface area contributed by atoms with E-state index in [-0.39, 0.29) is 5.91 Å². The van der Waals surface area contributed by atoms with E-state index in [4.69, 9.17) is 12.2 Å². The van der Waals surface area contributed by atoms with E-state index in [1.54, 1.807) is 24.3 Å². The number of carbonyl (C=O) groups is 2. The highest BCUT2D eigenvalue weighted by atomic mass is 32.2. The Morgan fingerprint density at radius 3 is 2.68 bits per heavy atom. The molecule has 1 saturated heterocycles. The third-order valence-corrected chi connectivity index (χ3v) is 4.20. The zero-order chi connectivity index (χ0) is 13.8. The predicted molar refractivity (Wildman–Crippen MR) is 79.6 cm³/mol. The van der Waals surface area contributed by atoms with Gasteiger partial charge in [0.15, 0.2) is 0 Å². The van der Waals surface area contributed by atoms with Crippen LogP contribution >= 0.6 is 24.0 Å². The maximum Gasteiger partial charge on any atom is 0.337 e. The second kappa shape index (κ2) is 6.16. The van der Waals surface area contributed by atoms with Crippen molar-refractivity contribution in [1.82, 2.24) is 0 Å². The zero-order valence-electron chi connectivity index (χ0n) is 10.4. The number of ether oxygens (including phenoxy) is 1. The van der Waals surface area contributed by atoms with Crippen LogP contribution in [0.15, 0.2) is 24.3 Å². The van der Waals surface area contributed by atoms with E-state index in [1.165, 1.54) is 23.8 Å². The van der Waals surface area contributed by atoms with Gasteiger partial charge in [0.25, 0.3) is 0 Å². The first kappa shape index (κ1) is 14.0. The largest absolute Gasteiger partial charge is 0.465 e. The molecule has 1 fully saturated rings. The van der Waals surface area contributed by atoms with Crippen LogP contribution in [-0.4, -0.2) is 29.1 Å². The molecule has 0 aliphatic carbocycles. The molecule has 0 N–H and O–H groups in total. The molecule has 2 rings (SSSR count). The SMILES string of the molecule is COC(=O)c1ccc(N2C(=O)CCCSC2=S)cc1. The van der Waals surface area contributed by atoms with Crippen LogP contribution in [0.4, 0.5) is 5.69 Å². The fourth-order valence-corrected chi connectivity index (χ4v) is 3.03. The summed E-state index contributed by atoms with van der Waals surface area (Å²) in [7, 11) is 1.33.